The molecular formula is C26H21FN2O4. The van der Waals surface area contributed by atoms with Gasteiger partial charge in [-0.25, -0.2) is 4.39 Å². The van der Waals surface area contributed by atoms with Crippen molar-refractivity contribution in [3.8, 4) is 11.5 Å². The number of imide groups is 1. The Morgan fingerprint density at radius 3 is 2.48 bits per heavy atom. The van der Waals surface area contributed by atoms with Gasteiger partial charge in [0.25, 0.3) is 11.8 Å². The van der Waals surface area contributed by atoms with Crippen molar-refractivity contribution in [3.05, 3.63) is 94.4 Å². The van der Waals surface area contributed by atoms with Crippen molar-refractivity contribution in [1.82, 2.24) is 4.90 Å². The van der Waals surface area contributed by atoms with Gasteiger partial charge in [-0.15, -0.1) is 0 Å². The van der Waals surface area contributed by atoms with Gasteiger partial charge in [-0.05, 0) is 66.4 Å². The number of aryl methyl sites for hydroxylation is 1. The number of carbonyl (C=O) groups excluding carboxylic acids is 2. The number of carbonyl (C=O) groups is 2. The maximum absolute atomic E-state index is 13.5. The van der Waals surface area contributed by atoms with Crippen LogP contribution in [0.3, 0.4) is 0 Å². The van der Waals surface area contributed by atoms with E-state index in [1.165, 1.54) is 29.2 Å². The second kappa shape index (κ2) is 8.09. The molecule has 6 nitrogen and oxygen atoms in total. The Morgan fingerprint density at radius 1 is 0.939 bits per heavy atom. The van der Waals surface area contributed by atoms with E-state index in [0.717, 1.165) is 22.4 Å². The Hall–Kier alpha value is -4.13. The van der Waals surface area contributed by atoms with Gasteiger partial charge in [-0.3, -0.25) is 14.5 Å². The van der Waals surface area contributed by atoms with Crippen molar-refractivity contribution >= 4 is 23.1 Å². The highest BCUT2D eigenvalue weighted by atomic mass is 19.1. The number of benzene rings is 3. The number of anilines is 1. The van der Waals surface area contributed by atoms with E-state index in [1.807, 2.05) is 32.0 Å². The van der Waals surface area contributed by atoms with Gasteiger partial charge in [-0.1, -0.05) is 30.3 Å². The maximum Gasteiger partial charge on any atom is 0.278 e. The van der Waals surface area contributed by atoms with Crippen LogP contribution in [0.25, 0.3) is 5.57 Å². The van der Waals surface area contributed by atoms with E-state index in [4.69, 9.17) is 9.47 Å². The van der Waals surface area contributed by atoms with Crippen LogP contribution in [0.15, 0.2) is 66.4 Å². The number of nitrogens with one attached hydrogen (secondary N) is 1. The lowest BCUT2D eigenvalue weighted by Gasteiger charge is -2.16. The minimum Gasteiger partial charge on any atom is -0.454 e. The van der Waals surface area contributed by atoms with Crippen molar-refractivity contribution in [1.29, 1.82) is 0 Å². The van der Waals surface area contributed by atoms with Crippen LogP contribution >= 0.6 is 0 Å². The molecule has 0 fully saturated rings. The summed E-state index contributed by atoms with van der Waals surface area (Å²) in [7, 11) is 0. The Kier molecular flexibility index (Phi) is 5.09. The molecule has 3 aromatic carbocycles. The Morgan fingerprint density at radius 2 is 1.70 bits per heavy atom. The first-order valence-electron chi connectivity index (χ1n) is 10.5. The standard InChI is InChI=1S/C26H21FN2O4/c1-15-4-3-5-20(16(15)2)28-24-23(18-7-9-19(27)10-8-18)25(30)29(26(24)31)13-17-6-11-21-22(12-17)33-14-32-21/h3-12,28H,13-14H2,1-2H3. The number of rotatable bonds is 5. The number of halogens is 1. The van der Waals surface area contributed by atoms with Gasteiger partial charge >= 0.3 is 0 Å². The molecule has 0 bridgehead atoms. The summed E-state index contributed by atoms with van der Waals surface area (Å²) in [6.07, 6.45) is 0. The number of nitrogens with zero attached hydrogens (tertiary/aromatic N) is 1. The van der Waals surface area contributed by atoms with Crippen LogP contribution in [0.4, 0.5) is 10.1 Å². The number of fused-ring (bicyclic) bond motifs is 1. The molecule has 7 heteroatoms. The van der Waals surface area contributed by atoms with Gasteiger partial charge in [0.15, 0.2) is 11.5 Å². The van der Waals surface area contributed by atoms with Gasteiger partial charge in [0.1, 0.15) is 11.5 Å². The fourth-order valence-electron chi connectivity index (χ4n) is 3.96. The topological polar surface area (TPSA) is 67.9 Å². The average molecular weight is 444 g/mol. The summed E-state index contributed by atoms with van der Waals surface area (Å²) in [5.74, 6) is -0.111. The van der Waals surface area contributed by atoms with Gasteiger partial charge in [0, 0.05) is 5.69 Å². The zero-order valence-corrected chi connectivity index (χ0v) is 18.1. The van der Waals surface area contributed by atoms with Gasteiger partial charge in [-0.2, -0.15) is 0 Å². The van der Waals surface area contributed by atoms with E-state index < -0.39 is 17.6 Å². The molecule has 33 heavy (non-hydrogen) atoms. The molecule has 0 radical (unpaired) electrons. The molecule has 5 rings (SSSR count). The zero-order valence-electron chi connectivity index (χ0n) is 18.1. The molecule has 166 valence electrons. The van der Waals surface area contributed by atoms with Crippen molar-refractivity contribution in [2.75, 3.05) is 12.1 Å². The third-order valence-corrected chi connectivity index (χ3v) is 5.94. The van der Waals surface area contributed by atoms with Gasteiger partial charge in [0.05, 0.1) is 12.1 Å². The molecule has 2 heterocycles. The first-order valence-corrected chi connectivity index (χ1v) is 10.5. The summed E-state index contributed by atoms with van der Waals surface area (Å²) in [5, 5.41) is 3.18. The fourth-order valence-corrected chi connectivity index (χ4v) is 3.96. The normalized spacial score (nSPS) is 14.9. The molecular weight excluding hydrogens is 423 g/mol. The molecule has 2 amide bonds. The molecule has 0 saturated carbocycles. The highest BCUT2D eigenvalue weighted by Crippen LogP contribution is 2.35. The SMILES string of the molecule is Cc1cccc(NC2=C(c3ccc(F)cc3)C(=O)N(Cc3ccc4c(c3)OCO4)C2=O)c1C. The second-order valence-electron chi connectivity index (χ2n) is 8.01. The monoisotopic (exact) mass is 444 g/mol. The highest BCUT2D eigenvalue weighted by molar-refractivity contribution is 6.36. The fraction of sp³-hybridized carbons (Fsp3) is 0.154. The van der Waals surface area contributed by atoms with Crippen LogP contribution in [0.5, 0.6) is 11.5 Å². The first kappa shape index (κ1) is 20.8. The third kappa shape index (κ3) is 3.71. The Balaban J connectivity index is 1.53. The Labute approximate surface area is 190 Å². The predicted molar refractivity (Wildman–Crippen MR) is 121 cm³/mol. The summed E-state index contributed by atoms with van der Waals surface area (Å²) in [5.41, 5.74) is 4.33. The minimum absolute atomic E-state index is 0.0664. The van der Waals surface area contributed by atoms with Crippen LogP contribution in [0, 0.1) is 19.7 Å². The maximum atomic E-state index is 13.5. The number of ether oxygens (including phenoxy) is 2. The van der Waals surface area contributed by atoms with Crippen molar-refractivity contribution < 1.29 is 23.5 Å². The van der Waals surface area contributed by atoms with Crippen LogP contribution in [-0.2, 0) is 16.1 Å². The molecule has 3 aromatic rings. The number of amides is 2. The summed E-state index contributed by atoms with van der Waals surface area (Å²) in [4.78, 5) is 28.1. The average Bonchev–Trinajstić information content (AvgIpc) is 3.36. The largest absolute Gasteiger partial charge is 0.454 e. The molecule has 0 aliphatic carbocycles. The smallest absolute Gasteiger partial charge is 0.278 e. The van der Waals surface area contributed by atoms with Crippen LogP contribution in [-0.4, -0.2) is 23.5 Å². The molecule has 1 N–H and O–H groups in total. The van der Waals surface area contributed by atoms with E-state index in [-0.39, 0.29) is 24.6 Å². The van der Waals surface area contributed by atoms with E-state index in [0.29, 0.717) is 17.1 Å². The van der Waals surface area contributed by atoms with E-state index >= 15 is 0 Å². The van der Waals surface area contributed by atoms with Crippen LogP contribution in [0.1, 0.15) is 22.3 Å². The summed E-state index contributed by atoms with van der Waals surface area (Å²) >= 11 is 0. The molecule has 0 aromatic heterocycles. The van der Waals surface area contributed by atoms with Crippen LogP contribution < -0.4 is 14.8 Å². The van der Waals surface area contributed by atoms with Crippen molar-refractivity contribution in [2.45, 2.75) is 20.4 Å². The summed E-state index contributed by atoms with van der Waals surface area (Å²) in [6.45, 7) is 4.13. The highest BCUT2D eigenvalue weighted by Gasteiger charge is 2.39. The van der Waals surface area contributed by atoms with E-state index in [1.54, 1.807) is 18.2 Å². The van der Waals surface area contributed by atoms with Crippen molar-refractivity contribution in [3.63, 3.8) is 0 Å². The number of hydrogen-bond acceptors (Lipinski definition) is 5. The van der Waals surface area contributed by atoms with Crippen molar-refractivity contribution in [2.24, 2.45) is 0 Å². The lowest BCUT2D eigenvalue weighted by molar-refractivity contribution is -0.137. The summed E-state index contributed by atoms with van der Waals surface area (Å²) in [6, 6.07) is 16.6. The van der Waals surface area contributed by atoms with Crippen LogP contribution in [0.2, 0.25) is 0 Å². The zero-order chi connectivity index (χ0) is 23.1. The second-order valence-corrected chi connectivity index (χ2v) is 8.01. The lowest BCUT2D eigenvalue weighted by atomic mass is 10.0. The minimum atomic E-state index is -0.447. The van der Waals surface area contributed by atoms with E-state index in [9.17, 15) is 14.0 Å². The molecule has 0 spiro atoms. The lowest BCUT2D eigenvalue weighted by Crippen LogP contribution is -2.32. The quantitative estimate of drug-likeness (QED) is 0.585. The van der Waals surface area contributed by atoms with Gasteiger partial charge in [0.2, 0.25) is 6.79 Å². The predicted octanol–water partition coefficient (Wildman–Crippen LogP) is 4.56. The molecule has 0 atom stereocenters. The third-order valence-electron chi connectivity index (χ3n) is 5.94. The molecule has 2 aliphatic heterocycles. The first-order chi connectivity index (χ1) is 15.9. The Bertz CT molecular complexity index is 1310. The number of hydrogen-bond donors (Lipinski definition) is 1. The van der Waals surface area contributed by atoms with Gasteiger partial charge < -0.3 is 14.8 Å². The summed E-state index contributed by atoms with van der Waals surface area (Å²) < 4.78 is 24.3. The molecule has 0 unspecified atom stereocenters. The molecule has 0 saturated heterocycles. The molecule has 2 aliphatic rings. The van der Waals surface area contributed by atoms with E-state index in [2.05, 4.69) is 5.32 Å².